The van der Waals surface area contributed by atoms with Crippen LogP contribution in [-0.2, 0) is 0 Å². The number of hydrogen-bond donors (Lipinski definition) is 1. The number of hydrogen-bond acceptors (Lipinski definition) is 5. The van der Waals surface area contributed by atoms with Crippen LogP contribution in [0.25, 0.3) is 0 Å². The van der Waals surface area contributed by atoms with Gasteiger partial charge < -0.3 is 24.4 Å². The molecule has 0 spiro atoms. The second kappa shape index (κ2) is 9.03. The van der Waals surface area contributed by atoms with Crippen LogP contribution in [0.15, 0.2) is 36.4 Å². The van der Waals surface area contributed by atoms with E-state index in [1.54, 1.807) is 26.2 Å². The van der Waals surface area contributed by atoms with Crippen LogP contribution in [0.1, 0.15) is 20.7 Å². The Morgan fingerprint density at radius 1 is 0.929 bits per heavy atom. The highest BCUT2D eigenvalue weighted by molar-refractivity contribution is 6.06. The van der Waals surface area contributed by atoms with Gasteiger partial charge in [0.1, 0.15) is 5.75 Å². The number of alkyl halides is 2. The lowest BCUT2D eigenvalue weighted by atomic mass is 10.1. The van der Waals surface area contributed by atoms with Crippen molar-refractivity contribution in [3.8, 4) is 17.2 Å². The third-order valence-electron chi connectivity index (χ3n) is 3.74. The van der Waals surface area contributed by atoms with E-state index in [-0.39, 0.29) is 28.7 Å². The predicted octanol–water partition coefficient (Wildman–Crippen LogP) is 3.26. The van der Waals surface area contributed by atoms with Crippen LogP contribution in [0.3, 0.4) is 0 Å². The van der Waals surface area contributed by atoms with E-state index in [4.69, 9.17) is 9.47 Å². The van der Waals surface area contributed by atoms with Gasteiger partial charge in [0.25, 0.3) is 11.8 Å². The lowest BCUT2D eigenvalue weighted by molar-refractivity contribution is -0.0512. The maximum Gasteiger partial charge on any atom is 0.387 e. The van der Waals surface area contributed by atoms with Gasteiger partial charge in [-0.05, 0) is 36.4 Å². The summed E-state index contributed by atoms with van der Waals surface area (Å²) < 4.78 is 39.4. The second-order valence-corrected chi connectivity index (χ2v) is 5.81. The molecule has 0 fully saturated rings. The Balaban J connectivity index is 2.31. The molecule has 0 radical (unpaired) electrons. The number of carbonyl (C=O) groups is 2. The van der Waals surface area contributed by atoms with Gasteiger partial charge in [0, 0.05) is 25.2 Å². The van der Waals surface area contributed by atoms with E-state index in [9.17, 15) is 18.4 Å². The Morgan fingerprint density at radius 3 is 2.11 bits per heavy atom. The molecule has 1 N–H and O–H groups in total. The molecule has 2 aromatic carbocycles. The molecule has 0 unspecified atom stereocenters. The number of ether oxygens (including phenoxy) is 3. The Labute approximate surface area is 160 Å². The molecular weight excluding hydrogens is 374 g/mol. The van der Waals surface area contributed by atoms with Crippen molar-refractivity contribution in [2.24, 2.45) is 0 Å². The van der Waals surface area contributed by atoms with Gasteiger partial charge in [-0.2, -0.15) is 8.78 Å². The molecule has 2 amide bonds. The van der Waals surface area contributed by atoms with Crippen LogP contribution in [0.2, 0.25) is 0 Å². The molecular formula is C19H20F2N2O5. The molecule has 150 valence electrons. The second-order valence-electron chi connectivity index (χ2n) is 5.81. The summed E-state index contributed by atoms with van der Waals surface area (Å²) in [5.41, 5.74) is 0.788. The van der Waals surface area contributed by atoms with Gasteiger partial charge >= 0.3 is 6.61 Å². The SMILES string of the molecule is COc1ccc(C(=O)N(C)C)cc1NC(=O)c1ccc(OC(F)F)c(OC)c1. The van der Waals surface area contributed by atoms with Gasteiger partial charge in [-0.3, -0.25) is 9.59 Å². The normalized spacial score (nSPS) is 10.4. The first-order chi connectivity index (χ1) is 13.3. The first-order valence-electron chi connectivity index (χ1n) is 8.10. The molecule has 9 heteroatoms. The average molecular weight is 394 g/mol. The van der Waals surface area contributed by atoms with Crippen molar-refractivity contribution in [3.05, 3.63) is 47.5 Å². The van der Waals surface area contributed by atoms with Gasteiger partial charge in [0.05, 0.1) is 19.9 Å². The third-order valence-corrected chi connectivity index (χ3v) is 3.74. The minimum Gasteiger partial charge on any atom is -0.495 e. The van der Waals surface area contributed by atoms with Crippen molar-refractivity contribution in [3.63, 3.8) is 0 Å². The van der Waals surface area contributed by atoms with Gasteiger partial charge in [0.15, 0.2) is 11.5 Å². The van der Waals surface area contributed by atoms with Gasteiger partial charge in [-0.15, -0.1) is 0 Å². The van der Waals surface area contributed by atoms with E-state index in [2.05, 4.69) is 10.1 Å². The molecule has 0 saturated heterocycles. The number of amides is 2. The highest BCUT2D eigenvalue weighted by Crippen LogP contribution is 2.31. The molecule has 0 aliphatic heterocycles. The molecule has 0 aromatic heterocycles. The molecule has 0 aliphatic carbocycles. The molecule has 0 aliphatic rings. The molecule has 0 bridgehead atoms. The number of halogens is 2. The number of carbonyl (C=O) groups excluding carboxylic acids is 2. The van der Waals surface area contributed by atoms with Crippen molar-refractivity contribution >= 4 is 17.5 Å². The maximum atomic E-state index is 12.6. The van der Waals surface area contributed by atoms with Crippen LogP contribution in [0, 0.1) is 0 Å². The highest BCUT2D eigenvalue weighted by Gasteiger charge is 2.17. The summed E-state index contributed by atoms with van der Waals surface area (Å²) in [5.74, 6) is -0.641. The van der Waals surface area contributed by atoms with Crippen LogP contribution >= 0.6 is 0 Å². The lowest BCUT2D eigenvalue weighted by Gasteiger charge is -2.15. The summed E-state index contributed by atoms with van der Waals surface area (Å²) in [4.78, 5) is 26.1. The van der Waals surface area contributed by atoms with E-state index in [0.29, 0.717) is 11.3 Å². The Morgan fingerprint density at radius 2 is 1.54 bits per heavy atom. The molecule has 0 atom stereocenters. The van der Waals surface area contributed by atoms with E-state index >= 15 is 0 Å². The number of nitrogens with zero attached hydrogens (tertiary/aromatic N) is 1. The summed E-state index contributed by atoms with van der Waals surface area (Å²) in [5, 5.41) is 2.64. The fourth-order valence-corrected chi connectivity index (χ4v) is 2.39. The largest absolute Gasteiger partial charge is 0.495 e. The molecule has 0 saturated carbocycles. The van der Waals surface area contributed by atoms with Crippen molar-refractivity contribution in [1.82, 2.24) is 4.90 Å². The van der Waals surface area contributed by atoms with Gasteiger partial charge in [-0.1, -0.05) is 0 Å². The number of methoxy groups -OCH3 is 2. The Hall–Kier alpha value is -3.36. The van der Waals surface area contributed by atoms with E-state index < -0.39 is 12.5 Å². The first kappa shape index (κ1) is 20.9. The predicted molar refractivity (Wildman–Crippen MR) is 98.6 cm³/mol. The minimum atomic E-state index is -3.02. The van der Waals surface area contributed by atoms with Gasteiger partial charge in [0.2, 0.25) is 0 Å². The topological polar surface area (TPSA) is 77.1 Å². The summed E-state index contributed by atoms with van der Waals surface area (Å²) in [6.07, 6.45) is 0. The van der Waals surface area contributed by atoms with Crippen molar-refractivity contribution in [2.45, 2.75) is 6.61 Å². The lowest BCUT2D eigenvalue weighted by Crippen LogP contribution is -2.22. The van der Waals surface area contributed by atoms with Crippen LogP contribution < -0.4 is 19.5 Å². The standard InChI is InChI=1S/C19H20F2N2O5/c1-23(2)18(25)12-6-7-14(26-3)13(9-12)22-17(24)11-5-8-15(28-19(20)21)16(10-11)27-4/h5-10,19H,1-4H3,(H,22,24). The third kappa shape index (κ3) is 4.87. The molecule has 0 heterocycles. The molecule has 28 heavy (non-hydrogen) atoms. The number of benzene rings is 2. The monoisotopic (exact) mass is 394 g/mol. The maximum absolute atomic E-state index is 12.6. The summed E-state index contributed by atoms with van der Waals surface area (Å²) in [7, 11) is 5.92. The number of nitrogens with one attached hydrogen (secondary N) is 1. The Kier molecular flexibility index (Phi) is 6.75. The van der Waals surface area contributed by atoms with Crippen LogP contribution in [-0.4, -0.2) is 51.6 Å². The first-order valence-corrected chi connectivity index (χ1v) is 8.10. The molecule has 7 nitrogen and oxygen atoms in total. The fraction of sp³-hybridized carbons (Fsp3) is 0.263. The number of rotatable bonds is 7. The smallest absolute Gasteiger partial charge is 0.387 e. The Bertz CT molecular complexity index is 871. The minimum absolute atomic E-state index is 0.0172. The zero-order valence-electron chi connectivity index (χ0n) is 15.8. The summed E-state index contributed by atoms with van der Waals surface area (Å²) in [6, 6.07) is 8.43. The van der Waals surface area contributed by atoms with Crippen molar-refractivity contribution < 1.29 is 32.6 Å². The summed E-state index contributed by atoms with van der Waals surface area (Å²) in [6.45, 7) is -3.02. The molecule has 2 rings (SSSR count). The quantitative estimate of drug-likeness (QED) is 0.780. The zero-order valence-corrected chi connectivity index (χ0v) is 15.8. The zero-order chi connectivity index (χ0) is 20.8. The average Bonchev–Trinajstić information content (AvgIpc) is 2.66. The van der Waals surface area contributed by atoms with Crippen LogP contribution in [0.4, 0.5) is 14.5 Å². The fourth-order valence-electron chi connectivity index (χ4n) is 2.39. The van der Waals surface area contributed by atoms with E-state index in [1.165, 1.54) is 43.4 Å². The van der Waals surface area contributed by atoms with Crippen LogP contribution in [0.5, 0.6) is 17.2 Å². The molecule has 2 aromatic rings. The van der Waals surface area contributed by atoms with Crippen molar-refractivity contribution in [1.29, 1.82) is 0 Å². The van der Waals surface area contributed by atoms with E-state index in [0.717, 1.165) is 0 Å². The van der Waals surface area contributed by atoms with Crippen molar-refractivity contribution in [2.75, 3.05) is 33.6 Å². The van der Waals surface area contributed by atoms with E-state index in [1.807, 2.05) is 0 Å². The summed E-state index contributed by atoms with van der Waals surface area (Å²) >= 11 is 0. The highest BCUT2D eigenvalue weighted by atomic mass is 19.3. The van der Waals surface area contributed by atoms with Gasteiger partial charge in [-0.25, -0.2) is 0 Å². The number of anilines is 1.